The lowest BCUT2D eigenvalue weighted by Gasteiger charge is -2.31. The van der Waals surface area contributed by atoms with Crippen LogP contribution in [0.2, 0.25) is 0 Å². The van der Waals surface area contributed by atoms with Crippen molar-refractivity contribution in [3.63, 3.8) is 0 Å². The minimum absolute atomic E-state index is 0.536. The Morgan fingerprint density at radius 1 is 1.18 bits per heavy atom. The van der Waals surface area contributed by atoms with E-state index in [-0.39, 0.29) is 0 Å². The van der Waals surface area contributed by atoms with Crippen molar-refractivity contribution >= 4 is 0 Å². The van der Waals surface area contributed by atoms with Crippen LogP contribution in [0.15, 0.2) is 0 Å². The number of nitrogens with two attached hydrogens (primary N) is 1. The summed E-state index contributed by atoms with van der Waals surface area (Å²) in [7, 11) is 0. The van der Waals surface area contributed by atoms with Gasteiger partial charge in [-0.25, -0.2) is 0 Å². The summed E-state index contributed by atoms with van der Waals surface area (Å²) in [6.07, 6.45) is 4.31. The molecule has 0 aliphatic heterocycles. The van der Waals surface area contributed by atoms with Gasteiger partial charge in [0.15, 0.2) is 0 Å². The predicted octanol–water partition coefficient (Wildman–Crippen LogP) is 2.02. The van der Waals surface area contributed by atoms with E-state index >= 15 is 0 Å². The van der Waals surface area contributed by atoms with Gasteiger partial charge in [-0.1, -0.05) is 13.8 Å². The van der Waals surface area contributed by atoms with Crippen molar-refractivity contribution in [3.8, 4) is 0 Å². The zero-order valence-corrected chi connectivity index (χ0v) is 7.59. The molecular formula is C10H19N. The van der Waals surface area contributed by atoms with Crippen LogP contribution in [0.1, 0.15) is 33.1 Å². The Bertz CT molecular complexity index is 151. The molecule has 2 fully saturated rings. The summed E-state index contributed by atoms with van der Waals surface area (Å²) >= 11 is 0. The van der Waals surface area contributed by atoms with Gasteiger partial charge in [0.1, 0.15) is 0 Å². The maximum absolute atomic E-state index is 6.17. The van der Waals surface area contributed by atoms with Crippen LogP contribution >= 0.6 is 0 Å². The first kappa shape index (κ1) is 7.60. The normalized spacial score (nSPS) is 49.1. The minimum Gasteiger partial charge on any atom is -0.327 e. The van der Waals surface area contributed by atoms with E-state index < -0.39 is 0 Å². The number of rotatable bonds is 1. The Kier molecular flexibility index (Phi) is 1.71. The molecule has 1 heteroatoms. The molecule has 0 aromatic rings. The fourth-order valence-corrected chi connectivity index (χ4v) is 3.37. The Hall–Kier alpha value is -0.0400. The van der Waals surface area contributed by atoms with Crippen LogP contribution in [0.4, 0.5) is 0 Å². The summed E-state index contributed by atoms with van der Waals surface area (Å²) in [6, 6.07) is 0.536. The zero-order valence-electron chi connectivity index (χ0n) is 7.59. The molecule has 11 heavy (non-hydrogen) atoms. The Morgan fingerprint density at radius 3 is 2.18 bits per heavy atom. The molecule has 0 saturated heterocycles. The molecule has 0 amide bonds. The van der Waals surface area contributed by atoms with Crippen LogP contribution in [0, 0.1) is 23.7 Å². The van der Waals surface area contributed by atoms with E-state index in [0.717, 1.165) is 23.7 Å². The van der Waals surface area contributed by atoms with Crippen molar-refractivity contribution in [2.45, 2.75) is 39.2 Å². The lowest BCUT2D eigenvalue weighted by molar-refractivity contribution is 0.222. The van der Waals surface area contributed by atoms with E-state index in [1.165, 1.54) is 19.3 Å². The molecule has 4 atom stereocenters. The van der Waals surface area contributed by atoms with Gasteiger partial charge in [-0.05, 0) is 42.9 Å². The average molecular weight is 153 g/mol. The SMILES string of the molecule is CC(C)[C@H]1[C@H]2CC[C@@H](C2)[C@H]1N. The van der Waals surface area contributed by atoms with Crippen molar-refractivity contribution in [2.75, 3.05) is 0 Å². The fraction of sp³-hybridized carbons (Fsp3) is 1.00. The van der Waals surface area contributed by atoms with Crippen LogP contribution in [0.25, 0.3) is 0 Å². The third-order valence-corrected chi connectivity index (χ3v) is 3.82. The van der Waals surface area contributed by atoms with E-state index in [2.05, 4.69) is 13.8 Å². The fourth-order valence-electron chi connectivity index (χ4n) is 3.37. The van der Waals surface area contributed by atoms with E-state index in [0.29, 0.717) is 6.04 Å². The molecule has 0 radical (unpaired) electrons. The molecule has 64 valence electrons. The topological polar surface area (TPSA) is 26.0 Å². The molecule has 0 aromatic heterocycles. The highest BCUT2D eigenvalue weighted by Gasteiger charge is 2.46. The first-order chi connectivity index (χ1) is 5.20. The van der Waals surface area contributed by atoms with Crippen molar-refractivity contribution in [3.05, 3.63) is 0 Å². The van der Waals surface area contributed by atoms with E-state index in [9.17, 15) is 0 Å². The molecule has 2 rings (SSSR count). The maximum Gasteiger partial charge on any atom is 0.0101 e. The summed E-state index contributed by atoms with van der Waals surface area (Å²) in [6.45, 7) is 4.65. The highest BCUT2D eigenvalue weighted by Crippen LogP contribution is 2.50. The van der Waals surface area contributed by atoms with Crippen molar-refractivity contribution in [1.29, 1.82) is 0 Å². The second kappa shape index (κ2) is 2.48. The van der Waals surface area contributed by atoms with Gasteiger partial charge in [0.05, 0.1) is 0 Å². The number of hydrogen-bond acceptors (Lipinski definition) is 1. The van der Waals surface area contributed by atoms with Gasteiger partial charge in [0, 0.05) is 6.04 Å². The van der Waals surface area contributed by atoms with Gasteiger partial charge < -0.3 is 5.73 Å². The second-order valence-electron chi connectivity index (χ2n) is 4.73. The van der Waals surface area contributed by atoms with Gasteiger partial charge in [0.2, 0.25) is 0 Å². The Balaban J connectivity index is 2.11. The summed E-state index contributed by atoms with van der Waals surface area (Å²) in [5.74, 6) is 3.51. The van der Waals surface area contributed by atoms with Gasteiger partial charge >= 0.3 is 0 Å². The van der Waals surface area contributed by atoms with Crippen molar-refractivity contribution in [1.82, 2.24) is 0 Å². The highest BCUT2D eigenvalue weighted by atomic mass is 14.7. The van der Waals surface area contributed by atoms with Gasteiger partial charge in [0.25, 0.3) is 0 Å². The largest absolute Gasteiger partial charge is 0.327 e. The van der Waals surface area contributed by atoms with Crippen LogP contribution in [-0.4, -0.2) is 6.04 Å². The standard InChI is InChI=1S/C10H19N/c1-6(2)9-7-3-4-8(5-7)10(9)11/h6-10H,3-5,11H2,1-2H3/t7-,8-,9-,10+/m0/s1. The lowest BCUT2D eigenvalue weighted by Crippen LogP contribution is -2.38. The van der Waals surface area contributed by atoms with Crippen LogP contribution in [-0.2, 0) is 0 Å². The third kappa shape index (κ3) is 1.01. The zero-order chi connectivity index (χ0) is 8.01. The third-order valence-electron chi connectivity index (χ3n) is 3.82. The molecule has 1 nitrogen and oxygen atoms in total. The smallest absolute Gasteiger partial charge is 0.0101 e. The summed E-state index contributed by atoms with van der Waals surface area (Å²) in [5, 5.41) is 0. The molecule has 0 spiro atoms. The molecular weight excluding hydrogens is 134 g/mol. The molecule has 2 N–H and O–H groups in total. The minimum atomic E-state index is 0.536. The van der Waals surface area contributed by atoms with Crippen LogP contribution in [0.5, 0.6) is 0 Å². The lowest BCUT2D eigenvalue weighted by atomic mass is 9.78. The number of fused-ring (bicyclic) bond motifs is 2. The molecule has 2 saturated carbocycles. The predicted molar refractivity (Wildman–Crippen MR) is 47.1 cm³/mol. The molecule has 0 unspecified atom stereocenters. The Morgan fingerprint density at radius 2 is 1.82 bits per heavy atom. The summed E-state index contributed by atoms with van der Waals surface area (Å²) in [4.78, 5) is 0. The Labute approximate surface area is 69.4 Å². The monoisotopic (exact) mass is 153 g/mol. The van der Waals surface area contributed by atoms with Crippen LogP contribution < -0.4 is 5.73 Å². The molecule has 0 aromatic carbocycles. The van der Waals surface area contributed by atoms with Crippen LogP contribution in [0.3, 0.4) is 0 Å². The summed E-state index contributed by atoms with van der Waals surface area (Å²) in [5.41, 5.74) is 6.17. The first-order valence-electron chi connectivity index (χ1n) is 4.95. The van der Waals surface area contributed by atoms with E-state index in [1.54, 1.807) is 0 Å². The molecule has 2 bridgehead atoms. The van der Waals surface area contributed by atoms with Gasteiger partial charge in [-0.3, -0.25) is 0 Å². The van der Waals surface area contributed by atoms with Gasteiger partial charge in [-0.15, -0.1) is 0 Å². The number of hydrogen-bond donors (Lipinski definition) is 1. The van der Waals surface area contributed by atoms with Crippen molar-refractivity contribution in [2.24, 2.45) is 29.4 Å². The molecule has 2 aliphatic carbocycles. The maximum atomic E-state index is 6.17. The molecule has 0 heterocycles. The van der Waals surface area contributed by atoms with E-state index in [1.807, 2.05) is 0 Å². The second-order valence-corrected chi connectivity index (χ2v) is 4.73. The first-order valence-corrected chi connectivity index (χ1v) is 4.95. The van der Waals surface area contributed by atoms with E-state index in [4.69, 9.17) is 5.73 Å². The summed E-state index contributed by atoms with van der Waals surface area (Å²) < 4.78 is 0. The van der Waals surface area contributed by atoms with Crippen molar-refractivity contribution < 1.29 is 0 Å². The molecule has 2 aliphatic rings. The highest BCUT2D eigenvalue weighted by molar-refractivity contribution is 4.99. The quantitative estimate of drug-likeness (QED) is 0.612. The average Bonchev–Trinajstić information content (AvgIpc) is 2.44. The van der Waals surface area contributed by atoms with Gasteiger partial charge in [-0.2, -0.15) is 0 Å².